The first-order valence-corrected chi connectivity index (χ1v) is 8.83. The summed E-state index contributed by atoms with van der Waals surface area (Å²) in [5.41, 5.74) is 4.23. The molecule has 2 atom stereocenters. The number of hydrogen-bond acceptors (Lipinski definition) is 5. The number of aromatic nitrogens is 3. The zero-order chi connectivity index (χ0) is 16.8. The highest BCUT2D eigenvalue weighted by Crippen LogP contribution is 2.31. The smallest absolute Gasteiger partial charge is 0.165 e. The van der Waals surface area contributed by atoms with Gasteiger partial charge in [0, 0.05) is 37.4 Å². The van der Waals surface area contributed by atoms with E-state index in [4.69, 9.17) is 9.72 Å². The molecule has 3 aromatic rings. The summed E-state index contributed by atoms with van der Waals surface area (Å²) in [5.74, 6) is 1.82. The van der Waals surface area contributed by atoms with Gasteiger partial charge in [0.25, 0.3) is 0 Å². The monoisotopic (exact) mass is 335 g/mol. The van der Waals surface area contributed by atoms with Gasteiger partial charge in [0.15, 0.2) is 5.65 Å². The lowest BCUT2D eigenvalue weighted by Crippen LogP contribution is -2.29. The molecule has 6 bridgehead atoms. The van der Waals surface area contributed by atoms with Gasteiger partial charge in [0.1, 0.15) is 18.2 Å². The van der Waals surface area contributed by atoms with Crippen molar-refractivity contribution >= 4 is 11.5 Å². The molecule has 2 aromatic heterocycles. The zero-order valence-corrected chi connectivity index (χ0v) is 14.3. The molecular weight excluding hydrogens is 314 g/mol. The number of fused-ring (bicyclic) bond motifs is 6. The number of nitrogens with zero attached hydrogens (tertiary/aromatic N) is 4. The van der Waals surface area contributed by atoms with Crippen molar-refractivity contribution in [2.24, 2.45) is 0 Å². The molecule has 128 valence electrons. The van der Waals surface area contributed by atoms with E-state index in [0.717, 1.165) is 54.4 Å². The molecule has 5 rings (SSSR count). The molecule has 0 amide bonds. The summed E-state index contributed by atoms with van der Waals surface area (Å²) in [6, 6.07) is 8.69. The fourth-order valence-electron chi connectivity index (χ4n) is 3.78. The lowest BCUT2D eigenvalue weighted by Gasteiger charge is -2.18. The van der Waals surface area contributed by atoms with Gasteiger partial charge in [-0.3, -0.25) is 4.90 Å². The van der Waals surface area contributed by atoms with Crippen LogP contribution in [0.3, 0.4) is 0 Å². The van der Waals surface area contributed by atoms with Crippen LogP contribution in [0.1, 0.15) is 12.0 Å². The molecule has 2 aliphatic heterocycles. The summed E-state index contributed by atoms with van der Waals surface area (Å²) in [6.07, 6.45) is 5.00. The minimum absolute atomic E-state index is 0.434. The molecule has 0 spiro atoms. The number of benzene rings is 1. The van der Waals surface area contributed by atoms with Crippen molar-refractivity contribution in [1.82, 2.24) is 19.5 Å². The number of aryl methyl sites for hydroxylation is 1. The minimum atomic E-state index is 0.434. The fraction of sp³-hybridized carbons (Fsp3) is 0.368. The molecule has 1 saturated heterocycles. The highest BCUT2D eigenvalue weighted by molar-refractivity contribution is 5.80. The lowest BCUT2D eigenvalue weighted by molar-refractivity contribution is 0.237. The van der Waals surface area contributed by atoms with Crippen molar-refractivity contribution in [3.63, 3.8) is 0 Å². The van der Waals surface area contributed by atoms with Crippen LogP contribution in [0, 0.1) is 6.92 Å². The van der Waals surface area contributed by atoms with E-state index >= 15 is 0 Å². The zero-order valence-electron chi connectivity index (χ0n) is 14.3. The topological polar surface area (TPSA) is 54.7 Å². The van der Waals surface area contributed by atoms with Gasteiger partial charge in [-0.05, 0) is 42.7 Å². The van der Waals surface area contributed by atoms with Gasteiger partial charge in [0.2, 0.25) is 0 Å². The van der Waals surface area contributed by atoms with Gasteiger partial charge >= 0.3 is 0 Å². The van der Waals surface area contributed by atoms with Crippen LogP contribution in [0.25, 0.3) is 16.8 Å². The van der Waals surface area contributed by atoms with E-state index in [1.54, 1.807) is 0 Å². The number of hydrogen-bond donors (Lipinski definition) is 1. The Balaban J connectivity index is 1.67. The first-order chi connectivity index (χ1) is 12.3. The second-order valence-electron chi connectivity index (χ2n) is 6.89. The van der Waals surface area contributed by atoms with Gasteiger partial charge in [-0.2, -0.15) is 5.10 Å². The average Bonchev–Trinajstić information content (AvgIpc) is 3.23. The first-order valence-electron chi connectivity index (χ1n) is 8.83. The summed E-state index contributed by atoms with van der Waals surface area (Å²) >= 11 is 0. The van der Waals surface area contributed by atoms with E-state index in [1.165, 1.54) is 5.56 Å². The highest BCUT2D eigenvalue weighted by atomic mass is 16.5. The Morgan fingerprint density at radius 2 is 2.16 bits per heavy atom. The van der Waals surface area contributed by atoms with Gasteiger partial charge in [-0.15, -0.1) is 0 Å². The predicted molar refractivity (Wildman–Crippen MR) is 97.1 cm³/mol. The molecule has 2 aliphatic rings. The number of ether oxygens (including phenoxy) is 1. The largest absolute Gasteiger partial charge is 0.492 e. The summed E-state index contributed by atoms with van der Waals surface area (Å²) in [5, 5.41) is 8.06. The van der Waals surface area contributed by atoms with Gasteiger partial charge in [0.05, 0.1) is 6.20 Å². The maximum absolute atomic E-state index is 6.01. The van der Waals surface area contributed by atoms with Crippen molar-refractivity contribution in [2.75, 3.05) is 31.6 Å². The van der Waals surface area contributed by atoms with Crippen molar-refractivity contribution < 1.29 is 4.74 Å². The fourth-order valence-corrected chi connectivity index (χ4v) is 3.78. The molecule has 0 saturated carbocycles. The molecule has 1 N–H and O–H groups in total. The first kappa shape index (κ1) is 14.7. The third-order valence-electron chi connectivity index (χ3n) is 5.17. The summed E-state index contributed by atoms with van der Waals surface area (Å²) in [7, 11) is 0. The molecule has 1 fully saturated rings. The summed E-state index contributed by atoms with van der Waals surface area (Å²) in [6.45, 7) is 5.90. The molecule has 4 heterocycles. The van der Waals surface area contributed by atoms with Crippen LogP contribution < -0.4 is 10.1 Å². The van der Waals surface area contributed by atoms with Gasteiger partial charge in [-0.25, -0.2) is 9.50 Å². The van der Waals surface area contributed by atoms with Crippen LogP contribution in [0.15, 0.2) is 36.7 Å². The Kier molecular flexibility index (Phi) is 3.38. The Bertz CT molecular complexity index is 935. The standard InChI is InChI=1S/C19H21N5O/c1-13-2-3-15-10-16(13)17-11-20-24-7-5-18(22-19(17)24)21-14-4-6-23(12-14)8-9-25-15/h2-3,5,7,10-11,14H,4,6,8-9,12H2,1H3,(H,21,22). The summed E-state index contributed by atoms with van der Waals surface area (Å²) < 4.78 is 7.85. The molecular formula is C19H21N5O. The lowest BCUT2D eigenvalue weighted by atomic mass is 10.0. The Morgan fingerprint density at radius 1 is 1.20 bits per heavy atom. The van der Waals surface area contributed by atoms with Crippen molar-refractivity contribution in [2.45, 2.75) is 19.4 Å². The number of anilines is 1. The van der Waals surface area contributed by atoms with Crippen LogP contribution >= 0.6 is 0 Å². The SMILES string of the molecule is Cc1ccc2cc1-c1cnn3ccc(nc13)NC1CCN(CCO2)C1. The van der Waals surface area contributed by atoms with Crippen LogP contribution in [-0.4, -0.2) is 51.8 Å². The second-order valence-corrected chi connectivity index (χ2v) is 6.89. The van der Waals surface area contributed by atoms with E-state index in [2.05, 4.69) is 34.4 Å². The molecule has 6 heteroatoms. The van der Waals surface area contributed by atoms with Gasteiger partial charge < -0.3 is 10.1 Å². The molecule has 0 radical (unpaired) electrons. The summed E-state index contributed by atoms with van der Waals surface area (Å²) in [4.78, 5) is 7.29. The van der Waals surface area contributed by atoms with Crippen LogP contribution in [-0.2, 0) is 0 Å². The number of nitrogens with one attached hydrogen (secondary N) is 1. The third kappa shape index (κ3) is 2.62. The van der Waals surface area contributed by atoms with E-state index in [0.29, 0.717) is 12.6 Å². The molecule has 1 aromatic carbocycles. The molecule has 6 nitrogen and oxygen atoms in total. The second kappa shape index (κ2) is 5.74. The van der Waals surface area contributed by atoms with E-state index in [9.17, 15) is 0 Å². The van der Waals surface area contributed by atoms with Crippen LogP contribution in [0.2, 0.25) is 0 Å². The highest BCUT2D eigenvalue weighted by Gasteiger charge is 2.23. The van der Waals surface area contributed by atoms with Crippen LogP contribution in [0.4, 0.5) is 5.82 Å². The van der Waals surface area contributed by atoms with E-state index in [1.807, 2.05) is 29.0 Å². The Hall–Kier alpha value is -2.60. The average molecular weight is 335 g/mol. The van der Waals surface area contributed by atoms with Gasteiger partial charge in [-0.1, -0.05) is 6.07 Å². The maximum Gasteiger partial charge on any atom is 0.165 e. The van der Waals surface area contributed by atoms with E-state index in [-0.39, 0.29) is 0 Å². The van der Waals surface area contributed by atoms with E-state index < -0.39 is 0 Å². The maximum atomic E-state index is 6.01. The number of rotatable bonds is 0. The third-order valence-corrected chi connectivity index (χ3v) is 5.17. The van der Waals surface area contributed by atoms with Crippen molar-refractivity contribution in [3.8, 4) is 16.9 Å². The van der Waals surface area contributed by atoms with Crippen LogP contribution in [0.5, 0.6) is 5.75 Å². The normalized spacial score (nSPS) is 22.4. The minimum Gasteiger partial charge on any atom is -0.492 e. The Morgan fingerprint density at radius 3 is 3.12 bits per heavy atom. The van der Waals surface area contributed by atoms with Crippen molar-refractivity contribution in [1.29, 1.82) is 0 Å². The van der Waals surface area contributed by atoms with Crippen molar-refractivity contribution in [3.05, 3.63) is 42.2 Å². The Labute approximate surface area is 146 Å². The molecule has 25 heavy (non-hydrogen) atoms. The predicted octanol–water partition coefficient (Wildman–Crippen LogP) is 2.58. The molecule has 0 aliphatic carbocycles. The molecule has 2 unspecified atom stereocenters. The quantitative estimate of drug-likeness (QED) is 0.684.